The summed E-state index contributed by atoms with van der Waals surface area (Å²) in [5, 5.41) is 14.3. The number of aliphatic imine (C=N–C) groups is 1. The molecule has 1 aliphatic heterocycles. The zero-order valence-corrected chi connectivity index (χ0v) is 16.8. The second-order valence-electron chi connectivity index (χ2n) is 6.89. The molecule has 0 amide bonds. The molecule has 2 N–H and O–H groups in total. The monoisotopic (exact) mass is 420 g/mol. The van der Waals surface area contributed by atoms with E-state index in [1.165, 1.54) is 17.7 Å². The van der Waals surface area contributed by atoms with E-state index in [9.17, 15) is 9.59 Å². The smallest absolute Gasteiger partial charge is 0.240 e. The third kappa shape index (κ3) is 4.19. The standard InChI is InChI=1S/C21H20N6O4/c1-30-12-15(29)8-18(22)20-25-24-19-16-4-2-3-5-17(16)21(26-27(19)20)31-11-14-7-6-13(10-28)9-23-14/h2-8,10,13H,9,11-12,22H2,1H3. The van der Waals surface area contributed by atoms with Crippen LogP contribution >= 0.6 is 0 Å². The molecule has 0 saturated heterocycles. The molecule has 0 aliphatic carbocycles. The van der Waals surface area contributed by atoms with Crippen LogP contribution in [0.3, 0.4) is 0 Å². The predicted octanol–water partition coefficient (Wildman–Crippen LogP) is 0.997. The summed E-state index contributed by atoms with van der Waals surface area (Å²) >= 11 is 0. The summed E-state index contributed by atoms with van der Waals surface area (Å²) in [5.74, 6) is 0.0616. The molecule has 10 heteroatoms. The molecule has 1 aromatic carbocycles. The van der Waals surface area contributed by atoms with Crippen molar-refractivity contribution < 1.29 is 19.1 Å². The van der Waals surface area contributed by atoms with Crippen LogP contribution in [0, 0.1) is 5.92 Å². The van der Waals surface area contributed by atoms with Gasteiger partial charge in [-0.1, -0.05) is 24.3 Å². The van der Waals surface area contributed by atoms with Crippen LogP contribution in [0.1, 0.15) is 5.82 Å². The lowest BCUT2D eigenvalue weighted by molar-refractivity contribution is -0.118. The number of aldehydes is 1. The number of ketones is 1. The first kappa shape index (κ1) is 20.4. The maximum Gasteiger partial charge on any atom is 0.240 e. The molecule has 2 aromatic heterocycles. The van der Waals surface area contributed by atoms with E-state index in [-0.39, 0.29) is 36.4 Å². The van der Waals surface area contributed by atoms with Gasteiger partial charge in [0.2, 0.25) is 11.7 Å². The van der Waals surface area contributed by atoms with Gasteiger partial charge in [0.1, 0.15) is 19.5 Å². The summed E-state index contributed by atoms with van der Waals surface area (Å²) in [6.45, 7) is 0.487. The van der Waals surface area contributed by atoms with Gasteiger partial charge in [0.05, 0.1) is 23.9 Å². The Bertz CT molecular complexity index is 1240. The number of carbonyl (C=O) groups is 2. The molecule has 0 spiro atoms. The topological polar surface area (TPSA) is 134 Å². The molecule has 158 valence electrons. The van der Waals surface area contributed by atoms with E-state index in [4.69, 9.17) is 15.2 Å². The second kappa shape index (κ2) is 8.84. The first-order valence-electron chi connectivity index (χ1n) is 9.53. The van der Waals surface area contributed by atoms with Crippen molar-refractivity contribution in [3.63, 3.8) is 0 Å². The molecule has 0 fully saturated rings. The minimum absolute atomic E-state index is 0.0945. The van der Waals surface area contributed by atoms with E-state index in [2.05, 4.69) is 20.3 Å². The Morgan fingerprint density at radius 3 is 2.81 bits per heavy atom. The maximum absolute atomic E-state index is 11.9. The fourth-order valence-corrected chi connectivity index (χ4v) is 3.16. The number of nitrogens with zero attached hydrogens (tertiary/aromatic N) is 5. The molecule has 3 heterocycles. The lowest BCUT2D eigenvalue weighted by atomic mass is 10.1. The van der Waals surface area contributed by atoms with Gasteiger partial charge >= 0.3 is 0 Å². The molecule has 1 atom stereocenters. The number of benzene rings is 1. The van der Waals surface area contributed by atoms with Crippen molar-refractivity contribution in [1.82, 2.24) is 19.8 Å². The number of dihydropyridines is 1. The van der Waals surface area contributed by atoms with Crippen molar-refractivity contribution in [2.24, 2.45) is 16.6 Å². The van der Waals surface area contributed by atoms with Crippen molar-refractivity contribution >= 4 is 39.9 Å². The van der Waals surface area contributed by atoms with Crippen molar-refractivity contribution in [1.29, 1.82) is 0 Å². The summed E-state index contributed by atoms with van der Waals surface area (Å²) in [7, 11) is 1.43. The van der Waals surface area contributed by atoms with Crippen LogP contribution in [-0.4, -0.2) is 64.5 Å². The van der Waals surface area contributed by atoms with Crippen molar-refractivity contribution in [3.8, 4) is 5.88 Å². The van der Waals surface area contributed by atoms with Crippen LogP contribution in [-0.2, 0) is 14.3 Å². The summed E-state index contributed by atoms with van der Waals surface area (Å²) in [6.07, 6.45) is 5.68. The van der Waals surface area contributed by atoms with E-state index < -0.39 is 0 Å². The highest BCUT2D eigenvalue weighted by Crippen LogP contribution is 2.27. The number of hydrogen-bond donors (Lipinski definition) is 1. The number of hydrogen-bond acceptors (Lipinski definition) is 9. The van der Waals surface area contributed by atoms with Crippen LogP contribution in [0.4, 0.5) is 0 Å². The molecule has 1 aliphatic rings. The first-order chi connectivity index (χ1) is 15.1. The molecule has 31 heavy (non-hydrogen) atoms. The summed E-state index contributed by atoms with van der Waals surface area (Å²) in [4.78, 5) is 27.1. The lowest BCUT2D eigenvalue weighted by Crippen LogP contribution is -2.17. The van der Waals surface area contributed by atoms with E-state index in [0.717, 1.165) is 17.1 Å². The fraction of sp³-hybridized carbons (Fsp3) is 0.238. The first-order valence-corrected chi connectivity index (χ1v) is 9.53. The van der Waals surface area contributed by atoms with Gasteiger partial charge < -0.3 is 20.0 Å². The van der Waals surface area contributed by atoms with Gasteiger partial charge in [-0.15, -0.1) is 15.3 Å². The molecule has 10 nitrogen and oxygen atoms in total. The van der Waals surface area contributed by atoms with Crippen LogP contribution in [0.15, 0.2) is 47.5 Å². The average molecular weight is 420 g/mol. The molecule has 1 unspecified atom stereocenters. The number of fused-ring (bicyclic) bond motifs is 3. The van der Waals surface area contributed by atoms with Crippen LogP contribution in [0.2, 0.25) is 0 Å². The van der Waals surface area contributed by atoms with E-state index in [1.54, 1.807) is 12.2 Å². The van der Waals surface area contributed by atoms with Gasteiger partial charge in [-0.25, -0.2) is 0 Å². The molecule has 0 saturated carbocycles. The normalized spacial score (nSPS) is 16.5. The van der Waals surface area contributed by atoms with Gasteiger partial charge in [0.25, 0.3) is 0 Å². The molecule has 4 rings (SSSR count). The third-order valence-electron chi connectivity index (χ3n) is 4.66. The van der Waals surface area contributed by atoms with Gasteiger partial charge in [-0.2, -0.15) is 4.52 Å². The molecule has 0 radical (unpaired) electrons. The van der Waals surface area contributed by atoms with Crippen molar-refractivity contribution in [2.75, 3.05) is 26.9 Å². The number of methoxy groups -OCH3 is 1. The van der Waals surface area contributed by atoms with Crippen molar-refractivity contribution in [2.45, 2.75) is 0 Å². The third-order valence-corrected chi connectivity index (χ3v) is 4.66. The fourth-order valence-electron chi connectivity index (χ4n) is 3.16. The minimum atomic E-state index is -0.301. The quantitative estimate of drug-likeness (QED) is 0.421. The van der Waals surface area contributed by atoms with Crippen LogP contribution < -0.4 is 10.5 Å². The minimum Gasteiger partial charge on any atom is -0.470 e. The van der Waals surface area contributed by atoms with Crippen molar-refractivity contribution in [3.05, 3.63) is 48.3 Å². The Morgan fingerprint density at radius 1 is 1.29 bits per heavy atom. The summed E-state index contributed by atoms with van der Waals surface area (Å²) in [5.41, 5.74) is 7.38. The molecular formula is C21H20N6O4. The second-order valence-corrected chi connectivity index (χ2v) is 6.89. The number of aromatic nitrogens is 4. The van der Waals surface area contributed by atoms with Crippen LogP contribution in [0.5, 0.6) is 5.88 Å². The van der Waals surface area contributed by atoms with E-state index in [0.29, 0.717) is 23.8 Å². The molecular weight excluding hydrogens is 400 g/mol. The number of carbonyl (C=O) groups excluding carboxylic acids is 2. The Labute approximate surface area is 177 Å². The van der Waals surface area contributed by atoms with Gasteiger partial charge in [-0.3, -0.25) is 9.79 Å². The summed E-state index contributed by atoms with van der Waals surface area (Å²) in [6, 6.07) is 7.49. The Morgan fingerprint density at radius 2 is 2.10 bits per heavy atom. The Balaban J connectivity index is 1.71. The highest BCUT2D eigenvalue weighted by Gasteiger charge is 2.17. The SMILES string of the molecule is COCC(=O)C=C(N)c1nnc2c3ccccc3c(OCC3=NCC(C=O)C=C3)nn12. The predicted molar refractivity (Wildman–Crippen MR) is 114 cm³/mol. The lowest BCUT2D eigenvalue weighted by Gasteiger charge is -2.13. The van der Waals surface area contributed by atoms with E-state index >= 15 is 0 Å². The molecule has 3 aromatic rings. The van der Waals surface area contributed by atoms with Gasteiger partial charge in [0, 0.05) is 24.0 Å². The number of rotatable bonds is 8. The largest absolute Gasteiger partial charge is 0.470 e. The Hall–Kier alpha value is -3.92. The van der Waals surface area contributed by atoms with E-state index in [1.807, 2.05) is 24.3 Å². The maximum atomic E-state index is 11.9. The zero-order chi connectivity index (χ0) is 21.8. The van der Waals surface area contributed by atoms with Crippen LogP contribution in [0.25, 0.3) is 22.1 Å². The zero-order valence-electron chi connectivity index (χ0n) is 16.8. The summed E-state index contributed by atoms with van der Waals surface area (Å²) < 4.78 is 12.2. The highest BCUT2D eigenvalue weighted by molar-refractivity contribution is 6.00. The van der Waals surface area contributed by atoms with Gasteiger partial charge in [-0.05, 0) is 12.1 Å². The number of ether oxygens (including phenoxy) is 2. The number of nitrogens with two attached hydrogens (primary N) is 1. The Kier molecular flexibility index (Phi) is 5.80. The highest BCUT2D eigenvalue weighted by atomic mass is 16.5. The average Bonchev–Trinajstić information content (AvgIpc) is 3.22. The van der Waals surface area contributed by atoms with Gasteiger partial charge in [0.15, 0.2) is 11.4 Å². The molecule has 0 bridgehead atoms.